The summed E-state index contributed by atoms with van der Waals surface area (Å²) in [6.07, 6.45) is 16.8. The molecule has 3 aliphatic heterocycles. The van der Waals surface area contributed by atoms with Crippen molar-refractivity contribution in [1.29, 1.82) is 0 Å². The summed E-state index contributed by atoms with van der Waals surface area (Å²) in [6.45, 7) is 9.94. The van der Waals surface area contributed by atoms with E-state index >= 15 is 0 Å². The molecule has 0 aliphatic carbocycles. The molecule has 0 unspecified atom stereocenters. The molecule has 0 amide bonds. The maximum atomic E-state index is 7.50. The molecule has 3 rings (SSSR count). The second-order valence-electron chi connectivity index (χ2n) is 3.25. The van der Waals surface area contributed by atoms with Gasteiger partial charge in [-0.3, -0.25) is 0 Å². The molecule has 4 heteroatoms. The Morgan fingerprint density at radius 1 is 0.765 bits per heavy atom. The van der Waals surface area contributed by atoms with Crippen LogP contribution < -0.4 is 0 Å². The fraction of sp³-hybridized carbons (Fsp3) is 0.0769. The van der Waals surface area contributed by atoms with Crippen LogP contribution in [0.25, 0.3) is 0 Å². The van der Waals surface area contributed by atoms with Crippen LogP contribution in [0.4, 0.5) is 0 Å². The van der Waals surface area contributed by atoms with E-state index in [2.05, 4.69) is 72.0 Å². The molecule has 0 spiro atoms. The molecule has 0 atom stereocenters. The quantitative estimate of drug-likeness (QED) is 0.467. The molecule has 0 radical (unpaired) electrons. The van der Waals surface area contributed by atoms with Crippen LogP contribution >= 0.6 is 0 Å². The van der Waals surface area contributed by atoms with Crippen LogP contribution in [-0.4, -0.2) is 16.5 Å². The Morgan fingerprint density at radius 2 is 1.18 bits per heavy atom. The van der Waals surface area contributed by atoms with E-state index in [1.807, 2.05) is 0 Å². The van der Waals surface area contributed by atoms with Gasteiger partial charge in [-0.25, -0.2) is 0 Å². The van der Waals surface area contributed by atoms with Gasteiger partial charge in [0.2, 0.25) is 0 Å². The van der Waals surface area contributed by atoms with Crippen LogP contribution in [0.2, 0.25) is 0 Å². The first-order valence-corrected chi connectivity index (χ1v) is 4.83. The van der Waals surface area contributed by atoms with Crippen LogP contribution in [-0.2, 0) is 9.30 Å². The zero-order valence-electron chi connectivity index (χ0n) is 9.04. The average molecular weight is 226 g/mol. The van der Waals surface area contributed by atoms with Crippen LogP contribution in [0.5, 0.6) is 0 Å². The first kappa shape index (κ1) is 12.8. The number of hydrogen-bond donors (Lipinski definition) is 0. The molecule has 0 aromatic carbocycles. The zero-order chi connectivity index (χ0) is 12.7. The molecule has 0 N–H and O–H groups in total. The average Bonchev–Trinajstić information content (AvgIpc) is 2.82. The Labute approximate surface area is 99.9 Å². The second kappa shape index (κ2) is 6.38. The van der Waals surface area contributed by atoms with E-state index in [4.69, 9.17) is 9.30 Å². The summed E-state index contributed by atoms with van der Waals surface area (Å²) >= 11 is 0. The molecule has 84 valence electrons. The van der Waals surface area contributed by atoms with Crippen molar-refractivity contribution in [1.82, 2.24) is 9.80 Å². The third-order valence-corrected chi connectivity index (χ3v) is 2.45. The Hall–Kier alpha value is -2.22. The Kier molecular flexibility index (Phi) is 4.82. The van der Waals surface area contributed by atoms with Gasteiger partial charge < -0.3 is 9.80 Å². The van der Waals surface area contributed by atoms with E-state index in [1.165, 1.54) is 11.4 Å². The predicted molar refractivity (Wildman–Crippen MR) is 60.0 cm³/mol. The molecule has 4 nitrogen and oxygen atoms in total. The van der Waals surface area contributed by atoms with Crippen molar-refractivity contribution < 1.29 is 9.30 Å². The second-order valence-corrected chi connectivity index (χ2v) is 3.25. The molecular formula is C13H10N2O2. The van der Waals surface area contributed by atoms with Gasteiger partial charge in [-0.2, -0.15) is 0 Å². The molecule has 0 fully saturated rings. The number of nitrogens with zero attached hydrogens (tertiary/aromatic N) is 2. The van der Waals surface area contributed by atoms with E-state index in [0.717, 1.165) is 6.67 Å². The van der Waals surface area contributed by atoms with Gasteiger partial charge >= 0.3 is 22.6 Å². The van der Waals surface area contributed by atoms with Gasteiger partial charge in [0.15, 0.2) is 0 Å². The minimum atomic E-state index is 0.937. The van der Waals surface area contributed by atoms with Gasteiger partial charge in [-0.15, -0.1) is 0 Å². The van der Waals surface area contributed by atoms with Gasteiger partial charge in [0.25, 0.3) is 0 Å². The maximum absolute atomic E-state index is 7.50. The van der Waals surface area contributed by atoms with Gasteiger partial charge in [-0.05, 0) is 24.3 Å². The summed E-state index contributed by atoms with van der Waals surface area (Å²) in [6, 6.07) is 0. The van der Waals surface area contributed by atoms with Crippen molar-refractivity contribution >= 4 is 0 Å². The standard InChI is InChI=1S/C11H10N2.2CO/c1-3-7-12-9-13-8-4-2-6-11(13)10(12)5-1;2*1-2/h1-8H,9H2;;. The van der Waals surface area contributed by atoms with E-state index < -0.39 is 0 Å². The van der Waals surface area contributed by atoms with Crippen molar-refractivity contribution in [2.45, 2.75) is 0 Å². The van der Waals surface area contributed by atoms with Crippen molar-refractivity contribution in [2.75, 3.05) is 6.67 Å². The van der Waals surface area contributed by atoms with E-state index in [-0.39, 0.29) is 0 Å². The molecule has 3 aliphatic rings. The summed E-state index contributed by atoms with van der Waals surface area (Å²) in [5.74, 6) is 0. The van der Waals surface area contributed by atoms with Crippen LogP contribution in [0.15, 0.2) is 60.3 Å². The van der Waals surface area contributed by atoms with Gasteiger partial charge in [0, 0.05) is 12.4 Å². The van der Waals surface area contributed by atoms with Crippen molar-refractivity contribution in [2.24, 2.45) is 0 Å². The summed E-state index contributed by atoms with van der Waals surface area (Å²) in [5, 5.41) is 0. The fourth-order valence-electron chi connectivity index (χ4n) is 1.83. The molecule has 0 saturated carbocycles. The number of rotatable bonds is 0. The number of allylic oxidation sites excluding steroid dienone is 6. The molecule has 0 aromatic rings. The molecule has 17 heavy (non-hydrogen) atoms. The van der Waals surface area contributed by atoms with Crippen molar-refractivity contribution in [3.63, 3.8) is 0 Å². The van der Waals surface area contributed by atoms with Gasteiger partial charge in [0.05, 0.1) is 18.1 Å². The molecule has 0 saturated heterocycles. The number of hydrogen-bond acceptors (Lipinski definition) is 2. The number of fused-ring (bicyclic) bond motifs is 2. The zero-order valence-corrected chi connectivity index (χ0v) is 9.04. The summed E-state index contributed by atoms with van der Waals surface area (Å²) in [5.41, 5.74) is 2.59. The third-order valence-electron chi connectivity index (χ3n) is 2.45. The Balaban J connectivity index is 0.000000330. The van der Waals surface area contributed by atoms with E-state index in [9.17, 15) is 0 Å². The summed E-state index contributed by atoms with van der Waals surface area (Å²) < 4.78 is 15.0. The van der Waals surface area contributed by atoms with Crippen LogP contribution in [0, 0.1) is 13.3 Å². The first-order valence-electron chi connectivity index (χ1n) is 4.83. The first-order chi connectivity index (χ1) is 8.45. The Bertz CT molecular complexity index is 422. The molecular weight excluding hydrogens is 216 g/mol. The third kappa shape index (κ3) is 2.48. The monoisotopic (exact) mass is 226 g/mol. The molecule has 3 heterocycles. The van der Waals surface area contributed by atoms with Gasteiger partial charge in [0.1, 0.15) is 0 Å². The normalized spacial score (nSPS) is 17.6. The topological polar surface area (TPSA) is 46.3 Å². The van der Waals surface area contributed by atoms with Crippen molar-refractivity contribution in [3.05, 3.63) is 73.6 Å². The SMILES string of the molecule is C1=CC2=C3C=CC=CN3CN2C=C1.[C-]#[O+].[C-]#[O+]. The summed E-state index contributed by atoms with van der Waals surface area (Å²) in [7, 11) is 0. The van der Waals surface area contributed by atoms with Crippen LogP contribution in [0.1, 0.15) is 0 Å². The molecule has 0 bridgehead atoms. The molecule has 0 aromatic heterocycles. The minimum absolute atomic E-state index is 0.937. The van der Waals surface area contributed by atoms with E-state index in [0.29, 0.717) is 0 Å². The fourth-order valence-corrected chi connectivity index (χ4v) is 1.83. The van der Waals surface area contributed by atoms with Gasteiger partial charge in [-0.1, -0.05) is 12.2 Å². The van der Waals surface area contributed by atoms with E-state index in [1.54, 1.807) is 0 Å². The van der Waals surface area contributed by atoms with Crippen molar-refractivity contribution in [3.8, 4) is 0 Å². The predicted octanol–water partition coefficient (Wildman–Crippen LogP) is 1.87. The van der Waals surface area contributed by atoms with Crippen LogP contribution in [0.3, 0.4) is 0 Å². The summed E-state index contributed by atoms with van der Waals surface area (Å²) in [4.78, 5) is 4.49. The Morgan fingerprint density at radius 3 is 1.59 bits per heavy atom.